The minimum absolute atomic E-state index is 0.139. The Labute approximate surface area is 192 Å². The van der Waals surface area contributed by atoms with Gasteiger partial charge in [0.05, 0.1) is 19.8 Å². The minimum Gasteiger partial charge on any atom is -0.507 e. The molecule has 0 atom stereocenters. The average Bonchev–Trinajstić information content (AvgIpc) is 2.79. The van der Waals surface area contributed by atoms with Crippen LogP contribution in [0.2, 0.25) is 0 Å². The fourth-order valence-corrected chi connectivity index (χ4v) is 2.95. The Morgan fingerprint density at radius 3 is 1.97 bits per heavy atom. The number of hydrogen-bond donors (Lipinski definition) is 1. The van der Waals surface area contributed by atoms with Gasteiger partial charge in [0.25, 0.3) is 0 Å². The van der Waals surface area contributed by atoms with Crippen LogP contribution in [0.25, 0.3) is 6.08 Å². The van der Waals surface area contributed by atoms with Crippen LogP contribution in [0.15, 0.2) is 42.5 Å². The summed E-state index contributed by atoms with van der Waals surface area (Å²) in [6, 6.07) is 10.7. The van der Waals surface area contributed by atoms with Gasteiger partial charge >= 0.3 is 0 Å². The Bertz CT molecular complexity index is 855. The van der Waals surface area contributed by atoms with Crippen molar-refractivity contribution in [2.45, 2.75) is 59.3 Å². The topological polar surface area (TPSA) is 65.0 Å². The molecular weight excluding hydrogens is 404 g/mol. The zero-order valence-electron chi connectivity index (χ0n) is 19.6. The molecule has 0 unspecified atom stereocenters. The summed E-state index contributed by atoms with van der Waals surface area (Å²) in [6.45, 7) is 8.00. The lowest BCUT2D eigenvalue weighted by Crippen LogP contribution is -2.05. The third-order valence-corrected chi connectivity index (χ3v) is 4.90. The van der Waals surface area contributed by atoms with Crippen molar-refractivity contribution in [2.24, 2.45) is 0 Å². The van der Waals surface area contributed by atoms with Crippen molar-refractivity contribution >= 4 is 11.9 Å². The number of allylic oxidation sites excluding steroid dienone is 1. The molecule has 0 fully saturated rings. The molecule has 0 bridgehead atoms. The maximum atomic E-state index is 12.9. The molecule has 5 nitrogen and oxygen atoms in total. The lowest BCUT2D eigenvalue weighted by Gasteiger charge is -2.14. The van der Waals surface area contributed by atoms with E-state index in [1.54, 1.807) is 12.1 Å². The maximum absolute atomic E-state index is 12.9. The van der Waals surface area contributed by atoms with E-state index in [0.717, 1.165) is 49.8 Å². The number of aromatic hydroxyl groups is 1. The van der Waals surface area contributed by atoms with Gasteiger partial charge in [0, 0.05) is 12.1 Å². The van der Waals surface area contributed by atoms with E-state index in [4.69, 9.17) is 14.2 Å². The monoisotopic (exact) mass is 440 g/mol. The minimum atomic E-state index is -0.322. The number of carbonyl (C=O) groups is 1. The van der Waals surface area contributed by atoms with Gasteiger partial charge in [-0.1, -0.05) is 58.2 Å². The molecule has 2 rings (SSSR count). The number of hydrogen-bond acceptors (Lipinski definition) is 5. The van der Waals surface area contributed by atoms with Crippen molar-refractivity contribution in [3.05, 3.63) is 53.6 Å². The van der Waals surface area contributed by atoms with E-state index >= 15 is 0 Å². The largest absolute Gasteiger partial charge is 0.507 e. The molecule has 0 aromatic heterocycles. The number of carbonyl (C=O) groups excluding carboxylic acids is 1. The highest BCUT2D eigenvalue weighted by molar-refractivity contribution is 6.10. The lowest BCUT2D eigenvalue weighted by molar-refractivity contribution is 0.104. The molecule has 174 valence electrons. The fourth-order valence-electron chi connectivity index (χ4n) is 2.95. The summed E-state index contributed by atoms with van der Waals surface area (Å²) in [5.41, 5.74) is 1.02. The molecule has 0 radical (unpaired) electrons. The zero-order valence-corrected chi connectivity index (χ0v) is 19.6. The SMILES string of the molecule is CCCCOc1ccc(/C=C/C(=O)c2c(O)cc(OCCCC)cc2OCCCC)cc1. The van der Waals surface area contributed by atoms with Gasteiger partial charge in [0.1, 0.15) is 28.6 Å². The number of benzene rings is 2. The van der Waals surface area contributed by atoms with Crippen LogP contribution >= 0.6 is 0 Å². The number of rotatable bonds is 15. The highest BCUT2D eigenvalue weighted by Gasteiger charge is 2.18. The smallest absolute Gasteiger partial charge is 0.193 e. The Balaban J connectivity index is 2.15. The Morgan fingerprint density at radius 2 is 1.38 bits per heavy atom. The first-order valence-electron chi connectivity index (χ1n) is 11.7. The molecule has 0 heterocycles. The molecule has 2 aromatic carbocycles. The van der Waals surface area contributed by atoms with Crippen molar-refractivity contribution in [2.75, 3.05) is 19.8 Å². The Kier molecular flexibility index (Phi) is 11.2. The van der Waals surface area contributed by atoms with E-state index in [1.165, 1.54) is 12.1 Å². The van der Waals surface area contributed by atoms with Crippen molar-refractivity contribution in [3.8, 4) is 23.0 Å². The summed E-state index contributed by atoms with van der Waals surface area (Å²) in [4.78, 5) is 12.9. The van der Waals surface area contributed by atoms with Crippen LogP contribution < -0.4 is 14.2 Å². The summed E-state index contributed by atoms with van der Waals surface area (Å²) in [5.74, 6) is 1.20. The van der Waals surface area contributed by atoms with Crippen LogP contribution in [-0.4, -0.2) is 30.7 Å². The van der Waals surface area contributed by atoms with Crippen molar-refractivity contribution in [1.82, 2.24) is 0 Å². The van der Waals surface area contributed by atoms with E-state index in [-0.39, 0.29) is 17.1 Å². The number of ether oxygens (including phenoxy) is 3. The first-order chi connectivity index (χ1) is 15.6. The summed E-state index contributed by atoms with van der Waals surface area (Å²) < 4.78 is 17.2. The van der Waals surface area contributed by atoms with E-state index < -0.39 is 0 Å². The predicted molar refractivity (Wildman–Crippen MR) is 129 cm³/mol. The van der Waals surface area contributed by atoms with Gasteiger partial charge in [0.2, 0.25) is 0 Å². The summed E-state index contributed by atoms with van der Waals surface area (Å²) >= 11 is 0. The second-order valence-electron chi connectivity index (χ2n) is 7.69. The van der Waals surface area contributed by atoms with Crippen molar-refractivity contribution < 1.29 is 24.1 Å². The molecule has 0 aliphatic carbocycles. The highest BCUT2D eigenvalue weighted by atomic mass is 16.5. The second kappa shape index (κ2) is 14.2. The summed E-state index contributed by atoms with van der Waals surface area (Å²) in [5, 5.41) is 10.6. The quantitative estimate of drug-likeness (QED) is 0.187. The molecule has 0 amide bonds. The first kappa shape index (κ1) is 25.3. The number of phenols is 1. The zero-order chi connectivity index (χ0) is 23.2. The van der Waals surface area contributed by atoms with Crippen LogP contribution in [0.1, 0.15) is 75.2 Å². The van der Waals surface area contributed by atoms with Gasteiger partial charge in [0.15, 0.2) is 5.78 Å². The van der Waals surface area contributed by atoms with Crippen LogP contribution in [0.3, 0.4) is 0 Å². The van der Waals surface area contributed by atoms with Gasteiger partial charge in [-0.25, -0.2) is 0 Å². The predicted octanol–water partition coefficient (Wildman–Crippen LogP) is 6.83. The molecule has 0 saturated heterocycles. The third-order valence-electron chi connectivity index (χ3n) is 4.90. The van der Waals surface area contributed by atoms with Gasteiger partial charge in [-0.05, 0) is 43.0 Å². The van der Waals surface area contributed by atoms with E-state index in [2.05, 4.69) is 20.8 Å². The van der Waals surface area contributed by atoms with Crippen molar-refractivity contribution in [1.29, 1.82) is 0 Å². The third kappa shape index (κ3) is 8.29. The number of ketones is 1. The molecule has 0 saturated carbocycles. The maximum Gasteiger partial charge on any atom is 0.193 e. The van der Waals surface area contributed by atoms with Gasteiger partial charge in [-0.15, -0.1) is 0 Å². The molecule has 2 aromatic rings. The molecule has 0 aliphatic heterocycles. The van der Waals surface area contributed by atoms with Gasteiger partial charge < -0.3 is 19.3 Å². The van der Waals surface area contributed by atoms with E-state index in [0.29, 0.717) is 31.3 Å². The standard InChI is InChI=1S/C27H36O5/c1-4-7-16-30-22-13-10-21(11-14-22)12-15-24(28)27-25(29)19-23(31-17-8-5-2)20-26(27)32-18-9-6-3/h10-15,19-20,29H,4-9,16-18H2,1-3H3/b15-12+. The van der Waals surface area contributed by atoms with E-state index in [9.17, 15) is 9.90 Å². The normalized spacial score (nSPS) is 11.0. The summed E-state index contributed by atoms with van der Waals surface area (Å²) in [6.07, 6.45) is 9.04. The molecule has 1 N–H and O–H groups in total. The van der Waals surface area contributed by atoms with Crippen LogP contribution in [0.5, 0.6) is 23.0 Å². The fraction of sp³-hybridized carbons (Fsp3) is 0.444. The highest BCUT2D eigenvalue weighted by Crippen LogP contribution is 2.34. The first-order valence-corrected chi connectivity index (χ1v) is 11.7. The molecule has 5 heteroatoms. The number of phenolic OH excluding ortho intramolecular Hbond substituents is 1. The van der Waals surface area contributed by atoms with E-state index in [1.807, 2.05) is 24.3 Å². The Morgan fingerprint density at radius 1 is 0.812 bits per heavy atom. The second-order valence-corrected chi connectivity index (χ2v) is 7.69. The number of unbranched alkanes of at least 4 members (excludes halogenated alkanes) is 3. The lowest BCUT2D eigenvalue weighted by atomic mass is 10.1. The average molecular weight is 441 g/mol. The molecular formula is C27H36O5. The molecule has 0 aliphatic rings. The Hall–Kier alpha value is -2.95. The molecule has 32 heavy (non-hydrogen) atoms. The summed E-state index contributed by atoms with van der Waals surface area (Å²) in [7, 11) is 0. The van der Waals surface area contributed by atoms with Crippen LogP contribution in [0.4, 0.5) is 0 Å². The van der Waals surface area contributed by atoms with Crippen LogP contribution in [-0.2, 0) is 0 Å². The van der Waals surface area contributed by atoms with Crippen LogP contribution in [0, 0.1) is 0 Å². The molecule has 0 spiro atoms. The van der Waals surface area contributed by atoms with Crippen molar-refractivity contribution in [3.63, 3.8) is 0 Å². The van der Waals surface area contributed by atoms with Gasteiger partial charge in [-0.2, -0.15) is 0 Å². The van der Waals surface area contributed by atoms with Gasteiger partial charge in [-0.3, -0.25) is 4.79 Å².